The van der Waals surface area contributed by atoms with E-state index in [0.29, 0.717) is 33.3 Å². The molecule has 0 aliphatic carbocycles. The zero-order chi connectivity index (χ0) is 26.1. The maximum atomic E-state index is 13.4. The summed E-state index contributed by atoms with van der Waals surface area (Å²) in [6, 6.07) is 16.6. The smallest absolute Gasteiger partial charge is 0.300 e. The second kappa shape index (κ2) is 10.1. The van der Waals surface area contributed by atoms with E-state index in [-0.39, 0.29) is 17.4 Å². The minimum Gasteiger partial charge on any atom is -0.507 e. The zero-order valence-electron chi connectivity index (χ0n) is 20.8. The molecule has 36 heavy (non-hydrogen) atoms. The first-order valence-corrected chi connectivity index (χ1v) is 12.0. The van der Waals surface area contributed by atoms with Crippen LogP contribution in [0.3, 0.4) is 0 Å². The van der Waals surface area contributed by atoms with Gasteiger partial charge in [-0.05, 0) is 86.8 Å². The molecule has 4 rings (SSSR count). The fourth-order valence-corrected chi connectivity index (χ4v) is 4.48. The normalized spacial score (nSPS) is 17.1. The predicted octanol–water partition coefficient (Wildman–Crippen LogP) is 6.38. The Hall–Kier alpha value is -3.77. The first kappa shape index (κ1) is 25.3. The Labute approximate surface area is 215 Å². The van der Waals surface area contributed by atoms with E-state index in [9.17, 15) is 14.7 Å². The van der Waals surface area contributed by atoms with Crippen molar-refractivity contribution in [3.05, 3.63) is 93.5 Å². The van der Waals surface area contributed by atoms with Crippen LogP contribution in [0.1, 0.15) is 42.1 Å². The van der Waals surface area contributed by atoms with Crippen LogP contribution in [0.5, 0.6) is 11.5 Å². The summed E-state index contributed by atoms with van der Waals surface area (Å²) >= 11 is 6.16. The highest BCUT2D eigenvalue weighted by Crippen LogP contribution is 2.43. The molecule has 0 saturated carbocycles. The molecule has 7 heteroatoms. The van der Waals surface area contributed by atoms with Crippen molar-refractivity contribution in [2.45, 2.75) is 39.8 Å². The molecule has 1 N–H and O–H groups in total. The molecule has 3 aromatic carbocycles. The van der Waals surface area contributed by atoms with Crippen LogP contribution >= 0.6 is 11.6 Å². The molecular weight excluding hydrogens is 478 g/mol. The number of carbonyl (C=O) groups is 2. The number of ketones is 1. The molecule has 0 spiro atoms. The summed E-state index contributed by atoms with van der Waals surface area (Å²) in [5, 5.41) is 11.7. The lowest BCUT2D eigenvalue weighted by atomic mass is 9.94. The van der Waals surface area contributed by atoms with Gasteiger partial charge in [0, 0.05) is 11.3 Å². The SMILES string of the molecule is COc1cc(/C(O)=C2\C(=O)C(=O)N(c3ccc(C)c(C)c3)C2c2cccc(OC(C)C)c2)ccc1Cl. The number of amides is 1. The highest BCUT2D eigenvalue weighted by Gasteiger charge is 2.47. The van der Waals surface area contributed by atoms with Crippen molar-refractivity contribution in [1.82, 2.24) is 0 Å². The Balaban J connectivity index is 1.95. The molecule has 1 aliphatic rings. The number of halogens is 1. The lowest BCUT2D eigenvalue weighted by Crippen LogP contribution is -2.29. The van der Waals surface area contributed by atoms with Gasteiger partial charge in [-0.25, -0.2) is 0 Å². The van der Waals surface area contributed by atoms with Crippen molar-refractivity contribution in [3.63, 3.8) is 0 Å². The van der Waals surface area contributed by atoms with Crippen LogP contribution in [-0.2, 0) is 9.59 Å². The number of benzene rings is 3. The number of aliphatic hydroxyl groups excluding tert-OH is 1. The van der Waals surface area contributed by atoms with Crippen molar-refractivity contribution in [2.75, 3.05) is 12.0 Å². The molecule has 1 fully saturated rings. The maximum Gasteiger partial charge on any atom is 0.300 e. The topological polar surface area (TPSA) is 76.1 Å². The van der Waals surface area contributed by atoms with Crippen molar-refractivity contribution in [3.8, 4) is 11.5 Å². The predicted molar refractivity (Wildman–Crippen MR) is 141 cm³/mol. The van der Waals surface area contributed by atoms with E-state index in [0.717, 1.165) is 11.1 Å². The highest BCUT2D eigenvalue weighted by atomic mass is 35.5. The van der Waals surface area contributed by atoms with E-state index in [4.69, 9.17) is 21.1 Å². The molecule has 1 amide bonds. The number of methoxy groups -OCH3 is 1. The van der Waals surface area contributed by atoms with Crippen molar-refractivity contribution in [1.29, 1.82) is 0 Å². The Kier molecular flexibility index (Phi) is 7.09. The van der Waals surface area contributed by atoms with E-state index in [1.165, 1.54) is 18.1 Å². The van der Waals surface area contributed by atoms with Gasteiger partial charge in [0.25, 0.3) is 11.7 Å². The number of hydrogen-bond donors (Lipinski definition) is 1. The third-order valence-electron chi connectivity index (χ3n) is 6.18. The second-order valence-electron chi connectivity index (χ2n) is 9.03. The summed E-state index contributed by atoms with van der Waals surface area (Å²) in [7, 11) is 1.46. The van der Waals surface area contributed by atoms with Gasteiger partial charge < -0.3 is 14.6 Å². The third kappa shape index (κ3) is 4.69. The number of rotatable bonds is 6. The van der Waals surface area contributed by atoms with E-state index < -0.39 is 17.7 Å². The van der Waals surface area contributed by atoms with Crippen molar-refractivity contribution < 1.29 is 24.2 Å². The molecule has 6 nitrogen and oxygen atoms in total. The number of carbonyl (C=O) groups excluding carboxylic acids is 2. The fraction of sp³-hybridized carbons (Fsp3) is 0.241. The fourth-order valence-electron chi connectivity index (χ4n) is 4.28. The van der Waals surface area contributed by atoms with E-state index >= 15 is 0 Å². The summed E-state index contributed by atoms with van der Waals surface area (Å²) in [6.07, 6.45) is -0.0621. The quantitative estimate of drug-likeness (QED) is 0.239. The van der Waals surface area contributed by atoms with Gasteiger partial charge in [-0.2, -0.15) is 0 Å². The number of aliphatic hydroxyl groups is 1. The number of aryl methyl sites for hydroxylation is 2. The van der Waals surface area contributed by atoms with Crippen molar-refractivity contribution >= 4 is 34.7 Å². The van der Waals surface area contributed by atoms with Crippen LogP contribution in [0.15, 0.2) is 66.2 Å². The second-order valence-corrected chi connectivity index (χ2v) is 9.43. The molecule has 0 aromatic heterocycles. The number of Topliss-reactive ketones (excluding diaryl/α,β-unsaturated/α-hetero) is 1. The molecule has 0 radical (unpaired) electrons. The van der Waals surface area contributed by atoms with Gasteiger partial charge in [-0.3, -0.25) is 14.5 Å². The summed E-state index contributed by atoms with van der Waals surface area (Å²) < 4.78 is 11.2. The standard InChI is InChI=1S/C29H28ClNO5/c1-16(2)36-22-8-6-7-19(14-22)26-25(27(32)20-10-12-23(30)24(15-20)35-5)28(33)29(34)31(26)21-11-9-17(3)18(4)13-21/h6-16,26,32H,1-5H3/b27-25+. The van der Waals surface area contributed by atoms with Gasteiger partial charge >= 0.3 is 0 Å². The summed E-state index contributed by atoms with van der Waals surface area (Å²) in [5.41, 5.74) is 3.53. The first-order chi connectivity index (χ1) is 17.1. The highest BCUT2D eigenvalue weighted by molar-refractivity contribution is 6.51. The van der Waals surface area contributed by atoms with E-state index in [1.807, 2.05) is 52.0 Å². The van der Waals surface area contributed by atoms with Gasteiger partial charge in [0.15, 0.2) is 0 Å². The molecule has 1 heterocycles. The number of anilines is 1. The van der Waals surface area contributed by atoms with Crippen LogP contribution in [0.25, 0.3) is 5.76 Å². The van der Waals surface area contributed by atoms with E-state index in [1.54, 1.807) is 30.3 Å². The number of hydrogen-bond acceptors (Lipinski definition) is 5. The van der Waals surface area contributed by atoms with Crippen molar-refractivity contribution in [2.24, 2.45) is 0 Å². The molecule has 186 valence electrons. The largest absolute Gasteiger partial charge is 0.507 e. The monoisotopic (exact) mass is 505 g/mol. The van der Waals surface area contributed by atoms with Crippen LogP contribution in [-0.4, -0.2) is 30.0 Å². The molecule has 1 atom stereocenters. The van der Waals surface area contributed by atoms with E-state index in [2.05, 4.69) is 0 Å². The maximum absolute atomic E-state index is 13.4. The van der Waals surface area contributed by atoms with Crippen LogP contribution < -0.4 is 14.4 Å². The first-order valence-electron chi connectivity index (χ1n) is 11.6. The third-order valence-corrected chi connectivity index (χ3v) is 6.50. The van der Waals surface area contributed by atoms with Crippen LogP contribution in [0.2, 0.25) is 5.02 Å². The molecule has 1 unspecified atom stereocenters. The molecular formula is C29H28ClNO5. The Bertz CT molecular complexity index is 1380. The zero-order valence-corrected chi connectivity index (χ0v) is 21.6. The lowest BCUT2D eigenvalue weighted by Gasteiger charge is -2.26. The van der Waals surface area contributed by atoms with Crippen LogP contribution in [0.4, 0.5) is 5.69 Å². The Morgan fingerprint density at radius 3 is 2.42 bits per heavy atom. The molecule has 3 aromatic rings. The van der Waals surface area contributed by atoms with Gasteiger partial charge in [0.1, 0.15) is 17.3 Å². The van der Waals surface area contributed by atoms with Crippen LogP contribution in [0, 0.1) is 13.8 Å². The average Bonchev–Trinajstić information content (AvgIpc) is 3.11. The minimum atomic E-state index is -0.871. The molecule has 0 bridgehead atoms. The van der Waals surface area contributed by atoms with Gasteiger partial charge in [0.05, 0.1) is 29.9 Å². The summed E-state index contributed by atoms with van der Waals surface area (Å²) in [5.74, 6) is -0.870. The Morgan fingerprint density at radius 2 is 1.75 bits per heavy atom. The Morgan fingerprint density at radius 1 is 1.00 bits per heavy atom. The van der Waals surface area contributed by atoms with Gasteiger partial charge in [-0.15, -0.1) is 0 Å². The summed E-state index contributed by atoms with van der Waals surface area (Å²) in [4.78, 5) is 28.3. The van der Waals surface area contributed by atoms with Gasteiger partial charge in [0.2, 0.25) is 0 Å². The average molecular weight is 506 g/mol. The lowest BCUT2D eigenvalue weighted by molar-refractivity contribution is -0.132. The molecule has 1 saturated heterocycles. The molecule has 1 aliphatic heterocycles. The number of ether oxygens (including phenoxy) is 2. The summed E-state index contributed by atoms with van der Waals surface area (Å²) in [6.45, 7) is 7.76. The minimum absolute atomic E-state index is 0.0238. The van der Waals surface area contributed by atoms with Gasteiger partial charge in [-0.1, -0.05) is 29.8 Å². The number of nitrogens with zero attached hydrogens (tertiary/aromatic N) is 1.